The minimum absolute atomic E-state index is 0.0361. The molecule has 0 atom stereocenters. The predicted molar refractivity (Wildman–Crippen MR) is 144 cm³/mol. The van der Waals surface area contributed by atoms with Crippen molar-refractivity contribution in [2.75, 3.05) is 19.6 Å². The molecule has 0 spiro atoms. The molecule has 1 fully saturated rings. The number of hydrogen-bond acceptors (Lipinski definition) is 5. The largest absolute Gasteiger partial charge is 0.316 e. The van der Waals surface area contributed by atoms with Gasteiger partial charge in [-0.1, -0.05) is 69.5 Å². The Morgan fingerprint density at radius 3 is 2.46 bits per heavy atom. The Bertz CT molecular complexity index is 1170. The minimum Gasteiger partial charge on any atom is -0.316 e. The quantitative estimate of drug-likeness (QED) is 0.223. The molecule has 4 rings (SSSR count). The van der Waals surface area contributed by atoms with Gasteiger partial charge in [-0.25, -0.2) is 4.99 Å². The van der Waals surface area contributed by atoms with E-state index in [9.17, 15) is 10.1 Å². The molecule has 1 aromatic heterocycles. The Kier molecular flexibility index (Phi) is 8.88. The zero-order chi connectivity index (χ0) is 24.6. The molecule has 0 unspecified atom stereocenters. The summed E-state index contributed by atoms with van der Waals surface area (Å²) in [6.45, 7) is 8.28. The van der Waals surface area contributed by atoms with Gasteiger partial charge in [0.15, 0.2) is 4.80 Å². The van der Waals surface area contributed by atoms with Crippen LogP contribution in [0.25, 0.3) is 11.3 Å². The summed E-state index contributed by atoms with van der Waals surface area (Å²) in [5, 5.41) is 13.7. The van der Waals surface area contributed by atoms with Crippen molar-refractivity contribution in [3.05, 3.63) is 74.4 Å². The molecule has 0 aliphatic heterocycles. The van der Waals surface area contributed by atoms with Gasteiger partial charge in [0.05, 0.1) is 10.6 Å². The van der Waals surface area contributed by atoms with Crippen LogP contribution < -0.4 is 4.80 Å². The lowest BCUT2D eigenvalue weighted by molar-refractivity contribution is -0.384. The molecule has 1 saturated carbocycles. The highest BCUT2D eigenvalue weighted by atomic mass is 32.1. The van der Waals surface area contributed by atoms with E-state index in [4.69, 9.17) is 4.99 Å². The summed E-state index contributed by atoms with van der Waals surface area (Å²) in [7, 11) is 0. The van der Waals surface area contributed by atoms with E-state index in [2.05, 4.69) is 53.0 Å². The second-order valence-corrected chi connectivity index (χ2v) is 10.1. The van der Waals surface area contributed by atoms with E-state index in [0.717, 1.165) is 43.1 Å². The second-order valence-electron chi connectivity index (χ2n) is 9.25. The predicted octanol–water partition coefficient (Wildman–Crippen LogP) is 7.14. The monoisotopic (exact) mass is 492 g/mol. The van der Waals surface area contributed by atoms with Crippen LogP contribution in [0.2, 0.25) is 0 Å². The smallest absolute Gasteiger partial charge is 0.294 e. The minimum atomic E-state index is -0.359. The van der Waals surface area contributed by atoms with E-state index < -0.39 is 0 Å². The molecule has 1 aliphatic rings. The number of rotatable bonds is 10. The lowest BCUT2D eigenvalue weighted by atomic mass is 9.84. The summed E-state index contributed by atoms with van der Waals surface area (Å²) < 4.78 is 2.24. The first kappa shape index (κ1) is 25.3. The van der Waals surface area contributed by atoms with Crippen LogP contribution in [-0.4, -0.2) is 34.0 Å². The summed E-state index contributed by atoms with van der Waals surface area (Å²) >= 11 is 1.55. The van der Waals surface area contributed by atoms with Gasteiger partial charge in [0, 0.05) is 18.0 Å². The second kappa shape index (κ2) is 12.3. The number of thiazole rings is 1. The maximum Gasteiger partial charge on any atom is 0.294 e. The average molecular weight is 493 g/mol. The van der Waals surface area contributed by atoms with Gasteiger partial charge < -0.3 is 9.47 Å². The number of aromatic nitrogens is 1. The zero-order valence-corrected chi connectivity index (χ0v) is 21.7. The Morgan fingerprint density at radius 1 is 1.06 bits per heavy atom. The van der Waals surface area contributed by atoms with Crippen LogP contribution in [0.1, 0.15) is 63.9 Å². The highest BCUT2D eigenvalue weighted by Gasteiger charge is 2.17. The van der Waals surface area contributed by atoms with Gasteiger partial charge in [-0.2, -0.15) is 0 Å². The van der Waals surface area contributed by atoms with Crippen LogP contribution in [0.4, 0.5) is 11.4 Å². The molecule has 7 heteroatoms. The molecule has 3 aromatic rings. The lowest BCUT2D eigenvalue weighted by Crippen LogP contribution is -2.26. The third-order valence-corrected chi connectivity index (χ3v) is 7.99. The first-order valence-corrected chi connectivity index (χ1v) is 13.8. The van der Waals surface area contributed by atoms with Gasteiger partial charge in [-0.15, -0.1) is 11.3 Å². The number of benzene rings is 2. The number of para-hydroxylation sites is 2. The first-order chi connectivity index (χ1) is 17.1. The fourth-order valence-electron chi connectivity index (χ4n) is 5.04. The number of nitrogens with zero attached hydrogens (tertiary/aromatic N) is 4. The molecule has 186 valence electrons. The van der Waals surface area contributed by atoms with Crippen molar-refractivity contribution in [2.24, 2.45) is 4.99 Å². The molecule has 1 aliphatic carbocycles. The molecule has 0 bridgehead atoms. The first-order valence-electron chi connectivity index (χ1n) is 12.9. The van der Waals surface area contributed by atoms with Crippen molar-refractivity contribution in [1.82, 2.24) is 9.47 Å². The topological polar surface area (TPSA) is 63.7 Å². The Morgan fingerprint density at radius 2 is 1.77 bits per heavy atom. The molecule has 0 N–H and O–H groups in total. The maximum absolute atomic E-state index is 11.5. The number of nitro groups is 1. The van der Waals surface area contributed by atoms with E-state index in [1.165, 1.54) is 49.3 Å². The fraction of sp³-hybridized carbons (Fsp3) is 0.464. The SMILES string of the molecule is CCN(CC)CCCn1c(-c2ccc(C3CCCCC3)cc2)csc1=Nc1ccccc1[N+](=O)[O-]. The van der Waals surface area contributed by atoms with E-state index in [1.807, 2.05) is 0 Å². The fourth-order valence-corrected chi connectivity index (χ4v) is 5.98. The van der Waals surface area contributed by atoms with Gasteiger partial charge in [0.25, 0.3) is 5.69 Å². The van der Waals surface area contributed by atoms with Crippen LogP contribution in [0.3, 0.4) is 0 Å². The third kappa shape index (κ3) is 6.27. The van der Waals surface area contributed by atoms with Crippen molar-refractivity contribution in [1.29, 1.82) is 0 Å². The lowest BCUT2D eigenvalue weighted by Gasteiger charge is -2.22. The molecule has 0 radical (unpaired) electrons. The molecular weight excluding hydrogens is 456 g/mol. The standard InChI is InChI=1S/C28H36N4O2S/c1-3-30(4-2)19-10-20-31-27(24-17-15-23(16-18-24)22-11-6-5-7-12-22)21-35-28(31)29-25-13-8-9-14-26(25)32(33)34/h8-9,13-18,21-22H,3-7,10-12,19-20H2,1-2H3. The van der Waals surface area contributed by atoms with Crippen LogP contribution in [-0.2, 0) is 6.54 Å². The zero-order valence-electron chi connectivity index (χ0n) is 20.9. The summed E-state index contributed by atoms with van der Waals surface area (Å²) in [5.74, 6) is 0.686. The van der Waals surface area contributed by atoms with E-state index >= 15 is 0 Å². The van der Waals surface area contributed by atoms with Gasteiger partial charge >= 0.3 is 0 Å². The molecular formula is C28H36N4O2S. The van der Waals surface area contributed by atoms with Gasteiger partial charge in [0.1, 0.15) is 5.69 Å². The molecule has 35 heavy (non-hydrogen) atoms. The van der Waals surface area contributed by atoms with Crippen LogP contribution >= 0.6 is 11.3 Å². The Balaban J connectivity index is 1.68. The van der Waals surface area contributed by atoms with E-state index in [-0.39, 0.29) is 10.6 Å². The van der Waals surface area contributed by atoms with Crippen molar-refractivity contribution in [2.45, 2.75) is 64.8 Å². The Labute approximate surface area is 212 Å². The van der Waals surface area contributed by atoms with Crippen molar-refractivity contribution >= 4 is 22.7 Å². The number of hydrogen-bond donors (Lipinski definition) is 0. The third-order valence-electron chi connectivity index (χ3n) is 7.13. The highest BCUT2D eigenvalue weighted by molar-refractivity contribution is 7.07. The summed E-state index contributed by atoms with van der Waals surface area (Å²) in [5.41, 5.74) is 4.18. The molecule has 6 nitrogen and oxygen atoms in total. The summed E-state index contributed by atoms with van der Waals surface area (Å²) in [6, 6.07) is 15.8. The van der Waals surface area contributed by atoms with Crippen LogP contribution in [0.5, 0.6) is 0 Å². The molecule has 1 heterocycles. The highest BCUT2D eigenvalue weighted by Crippen LogP contribution is 2.34. The van der Waals surface area contributed by atoms with Gasteiger partial charge in [-0.05, 0) is 62.0 Å². The Hall–Kier alpha value is -2.77. The normalized spacial score (nSPS) is 15.1. The van der Waals surface area contributed by atoms with Gasteiger partial charge in [-0.3, -0.25) is 10.1 Å². The van der Waals surface area contributed by atoms with E-state index in [1.54, 1.807) is 29.5 Å². The van der Waals surface area contributed by atoms with Crippen LogP contribution in [0.15, 0.2) is 58.9 Å². The van der Waals surface area contributed by atoms with Crippen molar-refractivity contribution in [3.63, 3.8) is 0 Å². The summed E-state index contributed by atoms with van der Waals surface area (Å²) in [4.78, 5) is 19.2. The molecule has 0 amide bonds. The van der Waals surface area contributed by atoms with Crippen molar-refractivity contribution in [3.8, 4) is 11.3 Å². The van der Waals surface area contributed by atoms with Crippen LogP contribution in [0, 0.1) is 10.1 Å². The maximum atomic E-state index is 11.5. The van der Waals surface area contributed by atoms with Crippen molar-refractivity contribution < 1.29 is 4.92 Å². The average Bonchev–Trinajstić information content (AvgIpc) is 3.29. The summed E-state index contributed by atoms with van der Waals surface area (Å²) in [6.07, 6.45) is 7.61. The van der Waals surface area contributed by atoms with E-state index in [0.29, 0.717) is 11.6 Å². The molecule has 2 aromatic carbocycles. The van der Waals surface area contributed by atoms with Gasteiger partial charge in [0.2, 0.25) is 0 Å². The molecule has 0 saturated heterocycles. The number of nitro benzene ring substituents is 1.